The van der Waals surface area contributed by atoms with Crippen molar-refractivity contribution >= 4 is 43.9 Å². The fourth-order valence-electron chi connectivity index (χ4n) is 6.09. The molecule has 0 atom stereocenters. The second-order valence-corrected chi connectivity index (χ2v) is 11.7. The van der Waals surface area contributed by atoms with Crippen LogP contribution in [0.5, 0.6) is 5.75 Å². The average Bonchev–Trinajstić information content (AvgIpc) is 3.92. The molecule has 1 N–H and O–H groups in total. The largest absolute Gasteiger partial charge is 0.507 e. The first-order chi connectivity index (χ1) is 33.1. The van der Waals surface area contributed by atoms with Crippen LogP contribution in [0.1, 0.15) is 30.2 Å². The van der Waals surface area contributed by atoms with E-state index < -0.39 is 108 Å². The Morgan fingerprint density at radius 3 is 1.33 bits per heavy atom. The van der Waals surface area contributed by atoms with Crippen molar-refractivity contribution in [2.24, 2.45) is 0 Å². The van der Waals surface area contributed by atoms with Crippen LogP contribution in [-0.4, -0.2) is 5.11 Å². The summed E-state index contributed by atoms with van der Waals surface area (Å²) in [7, 11) is 0. The monoisotopic (exact) mass is 688 g/mol. The predicted molar refractivity (Wildman–Crippen MR) is 216 cm³/mol. The maximum absolute atomic E-state index is 10.7. The van der Waals surface area contributed by atoms with Crippen LogP contribution in [0.4, 0.5) is 0 Å². The molecule has 0 fully saturated rings. The van der Waals surface area contributed by atoms with E-state index in [2.05, 4.69) is 0 Å². The van der Waals surface area contributed by atoms with Gasteiger partial charge in [0, 0.05) is 27.1 Å². The van der Waals surface area contributed by atoms with Crippen molar-refractivity contribution in [1.29, 1.82) is 0 Å². The molecule has 0 aliphatic carbocycles. The fourth-order valence-corrected chi connectivity index (χ4v) is 6.09. The molecule has 248 valence electrons. The van der Waals surface area contributed by atoms with E-state index in [9.17, 15) is 5.11 Å². The van der Waals surface area contributed by atoms with Gasteiger partial charge >= 0.3 is 0 Å². The van der Waals surface area contributed by atoms with E-state index in [1.54, 1.807) is 25.1 Å². The standard InChI is InChI=1S/C25H18O.C24H16O2/c1-17-11-16-22-21-9-5-6-10-23(21)26-25(22)24(17)20-14-12-19(13-15-20)18-7-3-2-4-8-18;25-21-15-14-20-19-8-4-5-9-22(19)26-24(20)23(21)18-12-10-17(11-13-18)16-6-2-1-3-7-16/h2-16H,1H3;1-15,25H/i2D,3D,4D,7D,8D,12D,13D,14D,15D;1D,2D,3D,6D,7D,10D,11D,12D,13D. The quantitative estimate of drug-likeness (QED) is 0.200. The molecule has 10 rings (SSSR count). The first-order valence-electron chi connectivity index (χ1n) is 25.0. The lowest BCUT2D eigenvalue weighted by Gasteiger charge is -2.08. The minimum atomic E-state index is -0.647. The van der Waals surface area contributed by atoms with E-state index in [4.69, 9.17) is 33.5 Å². The van der Waals surface area contributed by atoms with Crippen LogP contribution in [-0.2, 0) is 0 Å². The molecule has 0 radical (unpaired) electrons. The molecule has 2 heterocycles. The first kappa shape index (κ1) is 17.4. The Bertz CT molecular complexity index is 3540. The molecule has 2 aromatic heterocycles. The molecule has 10 aromatic rings. The van der Waals surface area contributed by atoms with Crippen molar-refractivity contribution in [1.82, 2.24) is 0 Å². The lowest BCUT2D eigenvalue weighted by molar-refractivity contribution is 0.477. The maximum Gasteiger partial charge on any atom is 0.146 e. The van der Waals surface area contributed by atoms with Gasteiger partial charge in [0.2, 0.25) is 0 Å². The van der Waals surface area contributed by atoms with E-state index in [-0.39, 0.29) is 51.2 Å². The molecule has 0 aliphatic rings. The number of phenols is 1. The van der Waals surface area contributed by atoms with E-state index in [1.165, 1.54) is 6.07 Å². The molecule has 52 heavy (non-hydrogen) atoms. The maximum atomic E-state index is 10.7. The van der Waals surface area contributed by atoms with Crippen LogP contribution in [0.2, 0.25) is 0 Å². The van der Waals surface area contributed by atoms with Gasteiger partial charge in [-0.2, -0.15) is 0 Å². The smallest absolute Gasteiger partial charge is 0.146 e. The normalized spacial score (nSPS) is 16.1. The molecule has 0 unspecified atom stereocenters. The summed E-state index contributed by atoms with van der Waals surface area (Å²) < 4.78 is 162. The Balaban J connectivity index is 0.000000174. The van der Waals surface area contributed by atoms with Crippen LogP contribution in [0.15, 0.2) is 190 Å². The molecular weight excluding hydrogens is 637 g/mol. The fraction of sp³-hybridized carbons (Fsp3) is 0.0204. The summed E-state index contributed by atoms with van der Waals surface area (Å²) in [5.74, 6) is -0.312. The summed E-state index contributed by atoms with van der Waals surface area (Å²) in [6.45, 7) is 1.79. The Morgan fingerprint density at radius 2 is 0.808 bits per heavy atom. The zero-order valence-corrected chi connectivity index (χ0v) is 27.2. The van der Waals surface area contributed by atoms with Gasteiger partial charge in [-0.15, -0.1) is 0 Å². The molecule has 0 amide bonds. The Labute approximate surface area is 326 Å². The molecule has 8 aromatic carbocycles. The second kappa shape index (κ2) is 13.1. The number of rotatable bonds is 4. The molecule has 0 saturated carbocycles. The third kappa shape index (κ3) is 5.59. The van der Waals surface area contributed by atoms with Crippen molar-refractivity contribution in [3.8, 4) is 50.3 Å². The summed E-state index contributed by atoms with van der Waals surface area (Å²) in [6.07, 6.45) is 0. The van der Waals surface area contributed by atoms with Gasteiger partial charge in [0.1, 0.15) is 28.1 Å². The van der Waals surface area contributed by atoms with Crippen LogP contribution < -0.4 is 0 Å². The Morgan fingerprint density at radius 1 is 0.404 bits per heavy atom. The number of phenolic OH excluding ortho intramolecular Hbond substituents is 1. The van der Waals surface area contributed by atoms with Crippen LogP contribution in [0.25, 0.3) is 88.4 Å². The number of hydrogen-bond acceptors (Lipinski definition) is 3. The summed E-state index contributed by atoms with van der Waals surface area (Å²) in [5, 5.41) is 13.7. The summed E-state index contributed by atoms with van der Waals surface area (Å²) in [6, 6.07) is 11.1. The Hall–Kier alpha value is -6.84. The second-order valence-electron chi connectivity index (χ2n) is 11.7. The van der Waals surface area contributed by atoms with Gasteiger partial charge in [0.15, 0.2) is 0 Å². The number of aromatic hydroxyl groups is 1. The highest BCUT2D eigenvalue weighted by atomic mass is 16.3. The molecule has 0 aliphatic heterocycles. The van der Waals surface area contributed by atoms with E-state index in [1.807, 2.05) is 48.5 Å². The lowest BCUT2D eigenvalue weighted by atomic mass is 9.95. The van der Waals surface area contributed by atoms with Gasteiger partial charge < -0.3 is 13.9 Å². The van der Waals surface area contributed by atoms with Crippen LogP contribution >= 0.6 is 0 Å². The first-order valence-corrected chi connectivity index (χ1v) is 16.0. The number of hydrogen-bond donors (Lipinski definition) is 1. The van der Waals surface area contributed by atoms with Crippen molar-refractivity contribution in [3.63, 3.8) is 0 Å². The topological polar surface area (TPSA) is 46.5 Å². The van der Waals surface area contributed by atoms with E-state index >= 15 is 0 Å². The molecule has 0 saturated heterocycles. The lowest BCUT2D eigenvalue weighted by Crippen LogP contribution is -1.85. The van der Waals surface area contributed by atoms with Gasteiger partial charge in [-0.1, -0.05) is 157 Å². The van der Waals surface area contributed by atoms with Crippen molar-refractivity contribution < 1.29 is 38.6 Å². The minimum absolute atomic E-state index is 0.0247. The zero-order valence-electron chi connectivity index (χ0n) is 45.2. The van der Waals surface area contributed by atoms with Crippen molar-refractivity contribution in [2.45, 2.75) is 6.92 Å². The molecule has 3 heteroatoms. The van der Waals surface area contributed by atoms with Crippen LogP contribution in [0, 0.1) is 6.92 Å². The predicted octanol–water partition coefficient (Wildman–Crippen LogP) is 13.9. The minimum Gasteiger partial charge on any atom is -0.507 e. The SMILES string of the molecule is [2H]c1c([2H])c([2H])c(-c2c([2H])c([2H])c(-c3c(C)ccc4c3oc3ccccc34)c([2H])c2[2H])c([2H])c1[2H].[2H]c1c([2H])c([2H])c(-c2c([2H])c([2H])c(-c3c(O)ccc4c3oc3ccccc34)c([2H])c2[2H])c([2H])c1[2H]. The number of fused-ring (bicyclic) bond motifs is 6. The number of benzene rings is 8. The number of para-hydroxylation sites is 2. The summed E-state index contributed by atoms with van der Waals surface area (Å²) in [5.41, 5.74) is 1.10. The molecule has 0 bridgehead atoms. The number of aryl methyl sites for hydroxylation is 1. The zero-order chi connectivity index (χ0) is 50.7. The van der Waals surface area contributed by atoms with Gasteiger partial charge in [0.25, 0.3) is 0 Å². The Kier molecular flexibility index (Phi) is 4.39. The van der Waals surface area contributed by atoms with Crippen molar-refractivity contribution in [3.05, 3.63) is 187 Å². The highest BCUT2D eigenvalue weighted by Gasteiger charge is 2.17. The van der Waals surface area contributed by atoms with Crippen molar-refractivity contribution in [2.75, 3.05) is 0 Å². The molecule has 0 spiro atoms. The number of furan rings is 2. The molecule has 3 nitrogen and oxygen atoms in total. The summed E-state index contributed by atoms with van der Waals surface area (Å²) >= 11 is 0. The molecular formula is C49H34O3. The highest BCUT2D eigenvalue weighted by Crippen LogP contribution is 2.42. The third-order valence-corrected chi connectivity index (χ3v) is 8.53. The summed E-state index contributed by atoms with van der Waals surface area (Å²) in [4.78, 5) is 0. The van der Waals surface area contributed by atoms with Gasteiger partial charge in [0.05, 0.1) is 30.2 Å². The third-order valence-electron chi connectivity index (χ3n) is 8.53. The van der Waals surface area contributed by atoms with Gasteiger partial charge in [-0.05, 0) is 70.1 Å². The van der Waals surface area contributed by atoms with E-state index in [0.717, 1.165) is 16.2 Å². The highest BCUT2D eigenvalue weighted by molar-refractivity contribution is 6.11. The van der Waals surface area contributed by atoms with Gasteiger partial charge in [-0.25, -0.2) is 0 Å². The van der Waals surface area contributed by atoms with Gasteiger partial charge in [-0.3, -0.25) is 0 Å². The van der Waals surface area contributed by atoms with E-state index in [0.29, 0.717) is 33.3 Å². The average molecular weight is 689 g/mol. The van der Waals surface area contributed by atoms with Crippen LogP contribution in [0.3, 0.4) is 0 Å².